The first-order valence-electron chi connectivity index (χ1n) is 2.72. The average molecular weight is 365 g/mol. The van der Waals surface area contributed by atoms with Crippen LogP contribution in [0.15, 0.2) is 22.0 Å². The predicted molar refractivity (Wildman–Crippen MR) is 53.2 cm³/mol. The number of rotatable bonds is 0. The van der Waals surface area contributed by atoms with Crippen molar-refractivity contribution in [3.8, 4) is 0 Å². The Labute approximate surface area is 83.1 Å². The summed E-state index contributed by atoms with van der Waals surface area (Å²) in [5.74, 6) is 0. The topological polar surface area (TPSA) is 0 Å². The van der Waals surface area contributed by atoms with Crippen LogP contribution in [0.3, 0.4) is 0 Å². The van der Waals surface area contributed by atoms with Gasteiger partial charge >= 0.3 is 84.1 Å². The number of hydrogen-bond acceptors (Lipinski definition) is 2. The standard InChI is InChI=1S/C5H4S2Se3/c1-2-4-5(3-1)7-9-10-8-6-4/h2-3H,1H2. The zero-order valence-electron chi connectivity index (χ0n) is 4.90. The summed E-state index contributed by atoms with van der Waals surface area (Å²) in [6.07, 6.45) is 5.96. The fourth-order valence-electron chi connectivity index (χ4n) is 0.737. The van der Waals surface area contributed by atoms with Crippen molar-refractivity contribution >= 4 is 55.7 Å². The maximum atomic E-state index is 2.38. The fourth-order valence-corrected chi connectivity index (χ4v) is 36.2. The van der Waals surface area contributed by atoms with E-state index in [9.17, 15) is 0 Å². The molecule has 1 aliphatic heterocycles. The zero-order chi connectivity index (χ0) is 6.81. The zero-order valence-corrected chi connectivity index (χ0v) is 11.7. The Morgan fingerprint density at radius 2 is 1.70 bits per heavy atom. The molecular weight excluding hydrogens is 361 g/mol. The van der Waals surface area contributed by atoms with Gasteiger partial charge in [0, 0.05) is 0 Å². The van der Waals surface area contributed by atoms with Gasteiger partial charge in [-0.15, -0.1) is 0 Å². The minimum absolute atomic E-state index is 0.908. The van der Waals surface area contributed by atoms with Crippen LogP contribution in [-0.2, 0) is 0 Å². The van der Waals surface area contributed by atoms with Crippen LogP contribution in [0.5, 0.6) is 0 Å². The molecule has 0 bridgehead atoms. The summed E-state index contributed by atoms with van der Waals surface area (Å²) in [4.78, 5) is 3.21. The van der Waals surface area contributed by atoms with Crippen molar-refractivity contribution in [3.63, 3.8) is 0 Å². The molecule has 0 nitrogen and oxygen atoms in total. The molecule has 0 aromatic rings. The van der Waals surface area contributed by atoms with Crippen molar-refractivity contribution in [1.82, 2.24) is 0 Å². The fraction of sp³-hybridized carbons (Fsp3) is 0.200. The van der Waals surface area contributed by atoms with E-state index in [2.05, 4.69) is 32.5 Å². The Bertz CT molecular complexity index is 179. The van der Waals surface area contributed by atoms with E-state index >= 15 is 0 Å². The molecule has 0 atom stereocenters. The summed E-state index contributed by atoms with van der Waals surface area (Å²) in [5, 5.41) is 0. The molecule has 0 saturated carbocycles. The van der Waals surface area contributed by atoms with Gasteiger partial charge in [0.1, 0.15) is 0 Å². The Balaban J connectivity index is 2.16. The van der Waals surface area contributed by atoms with Gasteiger partial charge in [-0.2, -0.15) is 0 Å². The van der Waals surface area contributed by atoms with Gasteiger partial charge in [-0.25, -0.2) is 0 Å². The van der Waals surface area contributed by atoms with Crippen LogP contribution in [-0.4, -0.2) is 35.3 Å². The van der Waals surface area contributed by atoms with Crippen molar-refractivity contribution in [2.24, 2.45) is 0 Å². The minimum atomic E-state index is 0.908. The normalized spacial score (nSPS) is 24.8. The Hall–Kier alpha value is 1.74. The van der Waals surface area contributed by atoms with E-state index in [4.69, 9.17) is 0 Å². The van der Waals surface area contributed by atoms with E-state index in [1.54, 1.807) is 9.81 Å². The molecule has 0 aromatic heterocycles. The first-order valence-corrected chi connectivity index (χ1v) is 17.1. The molecule has 1 fully saturated rings. The molecule has 0 aromatic carbocycles. The SMILES string of the molecule is C1=C2S[Se][Se][Se]SC2=CC1. The summed E-state index contributed by atoms with van der Waals surface area (Å²) in [6, 6.07) is 0. The maximum absolute atomic E-state index is 2.38. The van der Waals surface area contributed by atoms with E-state index in [-0.39, 0.29) is 0 Å². The van der Waals surface area contributed by atoms with Gasteiger partial charge in [0.25, 0.3) is 0 Å². The van der Waals surface area contributed by atoms with Gasteiger partial charge in [0.05, 0.1) is 0 Å². The second-order valence-electron chi connectivity index (χ2n) is 1.74. The van der Waals surface area contributed by atoms with E-state index < -0.39 is 0 Å². The quantitative estimate of drug-likeness (QED) is 0.596. The molecule has 0 N–H and O–H groups in total. The molecule has 2 aliphatic rings. The summed E-state index contributed by atoms with van der Waals surface area (Å²) in [7, 11) is 4.27. The third-order valence-corrected chi connectivity index (χ3v) is 33.4. The first kappa shape index (κ1) is 8.34. The van der Waals surface area contributed by atoms with Crippen molar-refractivity contribution in [3.05, 3.63) is 22.0 Å². The summed E-state index contributed by atoms with van der Waals surface area (Å²) in [6.45, 7) is 0. The van der Waals surface area contributed by atoms with E-state index in [1.807, 2.05) is 0 Å². The molecule has 10 heavy (non-hydrogen) atoms. The molecule has 2 rings (SSSR count). The van der Waals surface area contributed by atoms with Gasteiger partial charge < -0.3 is 0 Å². The second-order valence-corrected chi connectivity index (χ2v) is 25.4. The van der Waals surface area contributed by atoms with Crippen LogP contribution >= 0.6 is 20.4 Å². The van der Waals surface area contributed by atoms with Crippen LogP contribution in [0.2, 0.25) is 0 Å². The molecule has 5 heteroatoms. The van der Waals surface area contributed by atoms with Gasteiger partial charge in [0.2, 0.25) is 0 Å². The summed E-state index contributed by atoms with van der Waals surface area (Å²) < 4.78 is 0. The van der Waals surface area contributed by atoms with Gasteiger partial charge in [-0.3, -0.25) is 0 Å². The first-order chi connectivity index (χ1) is 4.97. The van der Waals surface area contributed by atoms with Crippen molar-refractivity contribution in [2.75, 3.05) is 0 Å². The third-order valence-electron chi connectivity index (χ3n) is 1.15. The van der Waals surface area contributed by atoms with E-state index in [0.29, 0.717) is 0 Å². The number of fused-ring (bicyclic) bond motifs is 1. The molecule has 0 amide bonds. The van der Waals surface area contributed by atoms with Crippen molar-refractivity contribution < 1.29 is 0 Å². The van der Waals surface area contributed by atoms with Crippen molar-refractivity contribution in [2.45, 2.75) is 6.42 Å². The molecule has 0 radical (unpaired) electrons. The molecule has 1 aliphatic carbocycles. The molecule has 54 valence electrons. The summed E-state index contributed by atoms with van der Waals surface area (Å²) in [5.41, 5.74) is 0. The third kappa shape index (κ3) is 1.91. The van der Waals surface area contributed by atoms with Crippen LogP contribution in [0.25, 0.3) is 0 Å². The molecular formula is C5H4S2Se3. The second kappa shape index (κ2) is 4.11. The molecule has 0 spiro atoms. The van der Waals surface area contributed by atoms with Crippen LogP contribution < -0.4 is 0 Å². The average Bonchev–Trinajstić information content (AvgIpc) is 2.28. The van der Waals surface area contributed by atoms with Crippen LogP contribution in [0.4, 0.5) is 0 Å². The Kier molecular flexibility index (Phi) is 3.43. The monoisotopic (exact) mass is 368 g/mol. The predicted octanol–water partition coefficient (Wildman–Crippen LogP) is 1.41. The molecule has 1 heterocycles. The van der Waals surface area contributed by atoms with Gasteiger partial charge in [-0.1, -0.05) is 0 Å². The van der Waals surface area contributed by atoms with Crippen LogP contribution in [0.1, 0.15) is 6.42 Å². The van der Waals surface area contributed by atoms with E-state index in [1.165, 1.54) is 6.42 Å². The Morgan fingerprint density at radius 1 is 1.10 bits per heavy atom. The van der Waals surface area contributed by atoms with Gasteiger partial charge in [-0.05, 0) is 0 Å². The Morgan fingerprint density at radius 3 is 2.30 bits per heavy atom. The van der Waals surface area contributed by atoms with Crippen LogP contribution in [0, 0.1) is 0 Å². The number of hydrogen-bond donors (Lipinski definition) is 0. The molecule has 0 unspecified atom stereocenters. The molecule has 1 saturated heterocycles. The van der Waals surface area contributed by atoms with Gasteiger partial charge in [0.15, 0.2) is 0 Å². The van der Waals surface area contributed by atoms with Crippen molar-refractivity contribution in [1.29, 1.82) is 0 Å². The van der Waals surface area contributed by atoms with E-state index in [0.717, 1.165) is 35.3 Å². The summed E-state index contributed by atoms with van der Waals surface area (Å²) >= 11 is 2.82. The number of allylic oxidation sites excluding steroid dienone is 2.